The number of carboxylic acids is 1. The highest BCUT2D eigenvalue weighted by Crippen LogP contribution is 2.67. The minimum atomic E-state index is -0.757. The summed E-state index contributed by atoms with van der Waals surface area (Å²) in [7, 11) is 0. The van der Waals surface area contributed by atoms with Crippen LogP contribution in [0.4, 0.5) is 0 Å². The molecule has 4 saturated carbocycles. The topological polar surface area (TPSA) is 74.6 Å². The lowest BCUT2D eigenvalue weighted by Gasteiger charge is -2.61. The second-order valence-electron chi connectivity index (χ2n) is 11.3. The summed E-state index contributed by atoms with van der Waals surface area (Å²) in [6.07, 6.45) is 7.05. The number of rotatable bonds is 4. The molecule has 4 rings (SSSR count). The van der Waals surface area contributed by atoms with E-state index in [9.17, 15) is 14.7 Å². The number of hydrogen-bond donors (Lipinski definition) is 2. The molecule has 4 fully saturated rings. The Balaban J connectivity index is 1.62. The maximum Gasteiger partial charge on any atom is 0.303 e. The Morgan fingerprint density at radius 3 is 2.66 bits per heavy atom. The third-order valence-corrected chi connectivity index (χ3v) is 10.1. The zero-order chi connectivity index (χ0) is 21.1. The quantitative estimate of drug-likeness (QED) is 0.659. The molecule has 9 atom stereocenters. The minimum absolute atomic E-state index is 0.134. The third-order valence-electron chi connectivity index (χ3n) is 10.1. The molecule has 4 aliphatic rings. The number of aliphatic carboxylic acids is 1. The summed E-state index contributed by atoms with van der Waals surface area (Å²) < 4.78 is 0. The van der Waals surface area contributed by atoms with E-state index in [2.05, 4.69) is 27.4 Å². The second kappa shape index (κ2) is 7.21. The van der Waals surface area contributed by atoms with Crippen LogP contribution in [0.1, 0.15) is 78.6 Å². The molecule has 0 unspecified atom stereocenters. The highest BCUT2D eigenvalue weighted by Gasteiger charge is 2.65. The molecule has 0 bridgehead atoms. The van der Waals surface area contributed by atoms with Gasteiger partial charge in [0.1, 0.15) is 5.78 Å². The fraction of sp³-hybridized carbons (Fsp3) is 0.840. The highest BCUT2D eigenvalue weighted by molar-refractivity contribution is 5.87. The average molecular weight is 403 g/mol. The number of fused-ring (bicyclic) bond motifs is 5. The number of carbonyl (C=O) groups excluding carboxylic acids is 1. The Hall–Kier alpha value is -1.16. The van der Waals surface area contributed by atoms with Gasteiger partial charge in [0.2, 0.25) is 0 Å². The van der Waals surface area contributed by atoms with Crippen LogP contribution < -0.4 is 0 Å². The van der Waals surface area contributed by atoms with Gasteiger partial charge >= 0.3 is 5.97 Å². The summed E-state index contributed by atoms with van der Waals surface area (Å²) in [4.78, 5) is 24.7. The standard InChI is InChI=1S/C25H38O4/c1-14-9-10-24(3)16(11-14)12-20(26)23-18-7-6-17(15(2)5-8-22(28)29)25(18,4)21(27)13-19(23)24/h15-20,23,26H,1,5-13H2,2-4H3,(H,28,29)/t15-,16+,17-,18+,19+,20+,23+,24+,25-/m1/s1. The largest absolute Gasteiger partial charge is 0.481 e. The van der Waals surface area contributed by atoms with Crippen molar-refractivity contribution in [3.8, 4) is 0 Å². The molecule has 4 aliphatic carbocycles. The Morgan fingerprint density at radius 2 is 1.97 bits per heavy atom. The average Bonchev–Trinajstić information content (AvgIpc) is 3.01. The van der Waals surface area contributed by atoms with Gasteiger partial charge in [-0.1, -0.05) is 32.9 Å². The Kier molecular flexibility index (Phi) is 5.25. The molecule has 0 radical (unpaired) electrons. The normalized spacial score (nSPS) is 47.9. The van der Waals surface area contributed by atoms with Gasteiger partial charge in [0.05, 0.1) is 6.10 Å². The van der Waals surface area contributed by atoms with Crippen LogP contribution >= 0.6 is 0 Å². The maximum atomic E-state index is 13.7. The van der Waals surface area contributed by atoms with Crippen LogP contribution in [-0.4, -0.2) is 28.1 Å². The van der Waals surface area contributed by atoms with E-state index < -0.39 is 11.4 Å². The first-order valence-corrected chi connectivity index (χ1v) is 11.7. The lowest BCUT2D eigenvalue weighted by atomic mass is 9.43. The van der Waals surface area contributed by atoms with Gasteiger partial charge < -0.3 is 10.2 Å². The Labute approximate surface area is 175 Å². The van der Waals surface area contributed by atoms with Crippen LogP contribution in [0, 0.1) is 46.3 Å². The zero-order valence-electron chi connectivity index (χ0n) is 18.3. The van der Waals surface area contributed by atoms with Crippen molar-refractivity contribution in [1.82, 2.24) is 0 Å². The van der Waals surface area contributed by atoms with Crippen molar-refractivity contribution >= 4 is 11.8 Å². The molecule has 0 saturated heterocycles. The molecule has 0 aromatic rings. The second-order valence-corrected chi connectivity index (χ2v) is 11.3. The number of carboxylic acid groups (broad SMARTS) is 1. The number of aliphatic hydroxyl groups excluding tert-OH is 1. The summed E-state index contributed by atoms with van der Waals surface area (Å²) in [5.74, 6) is 1.27. The molecule has 0 spiro atoms. The fourth-order valence-electron chi connectivity index (χ4n) is 8.34. The molecule has 0 aliphatic heterocycles. The van der Waals surface area contributed by atoms with Gasteiger partial charge in [0.15, 0.2) is 0 Å². The Morgan fingerprint density at radius 1 is 1.24 bits per heavy atom. The van der Waals surface area contributed by atoms with Gasteiger partial charge in [-0.25, -0.2) is 0 Å². The van der Waals surface area contributed by atoms with Gasteiger partial charge in [-0.2, -0.15) is 0 Å². The molecule has 4 heteroatoms. The van der Waals surface area contributed by atoms with E-state index in [1.54, 1.807) is 0 Å². The van der Waals surface area contributed by atoms with E-state index in [1.165, 1.54) is 5.57 Å². The van der Waals surface area contributed by atoms with E-state index in [0.717, 1.165) is 38.5 Å². The number of aliphatic hydroxyl groups is 1. The van der Waals surface area contributed by atoms with Crippen LogP contribution in [0.15, 0.2) is 12.2 Å². The van der Waals surface area contributed by atoms with Crippen LogP contribution in [0.25, 0.3) is 0 Å². The van der Waals surface area contributed by atoms with Gasteiger partial charge in [0.25, 0.3) is 0 Å². The first-order chi connectivity index (χ1) is 13.6. The maximum absolute atomic E-state index is 13.7. The molecular weight excluding hydrogens is 364 g/mol. The minimum Gasteiger partial charge on any atom is -0.481 e. The van der Waals surface area contributed by atoms with Crippen LogP contribution in [0.2, 0.25) is 0 Å². The van der Waals surface area contributed by atoms with Crippen molar-refractivity contribution in [3.05, 3.63) is 12.2 Å². The third kappa shape index (κ3) is 3.12. The lowest BCUT2D eigenvalue weighted by Crippen LogP contribution is -2.60. The summed E-state index contributed by atoms with van der Waals surface area (Å²) >= 11 is 0. The van der Waals surface area contributed by atoms with E-state index in [1.807, 2.05) is 0 Å². The monoisotopic (exact) mass is 402 g/mol. The smallest absolute Gasteiger partial charge is 0.303 e. The number of carbonyl (C=O) groups is 2. The van der Waals surface area contributed by atoms with Gasteiger partial charge in [0, 0.05) is 18.3 Å². The molecular formula is C25H38O4. The highest BCUT2D eigenvalue weighted by atomic mass is 16.4. The fourth-order valence-corrected chi connectivity index (χ4v) is 8.34. The van der Waals surface area contributed by atoms with Gasteiger partial charge in [-0.05, 0) is 85.9 Å². The molecule has 4 nitrogen and oxygen atoms in total. The summed E-state index contributed by atoms with van der Waals surface area (Å²) in [5.41, 5.74) is 1.04. The van der Waals surface area contributed by atoms with Crippen LogP contribution in [-0.2, 0) is 9.59 Å². The van der Waals surface area contributed by atoms with Gasteiger partial charge in [-0.15, -0.1) is 0 Å². The molecule has 0 aromatic heterocycles. The number of ketones is 1. The number of Topliss-reactive ketones (excluding diaryl/α,β-unsaturated/α-hetero) is 1. The first-order valence-electron chi connectivity index (χ1n) is 11.7. The van der Waals surface area contributed by atoms with E-state index in [4.69, 9.17) is 5.11 Å². The first kappa shape index (κ1) is 21.1. The van der Waals surface area contributed by atoms with Crippen molar-refractivity contribution < 1.29 is 19.8 Å². The molecule has 0 amide bonds. The van der Waals surface area contributed by atoms with Crippen LogP contribution in [0.3, 0.4) is 0 Å². The molecule has 2 N–H and O–H groups in total. The molecule has 162 valence electrons. The van der Waals surface area contributed by atoms with Crippen molar-refractivity contribution in [1.29, 1.82) is 0 Å². The lowest BCUT2D eigenvalue weighted by molar-refractivity contribution is -0.174. The predicted octanol–water partition coefficient (Wildman–Crippen LogP) is 4.85. The molecule has 0 aromatic carbocycles. The molecule has 29 heavy (non-hydrogen) atoms. The van der Waals surface area contributed by atoms with Crippen molar-refractivity contribution in [2.45, 2.75) is 84.7 Å². The van der Waals surface area contributed by atoms with Crippen molar-refractivity contribution in [2.24, 2.45) is 46.3 Å². The van der Waals surface area contributed by atoms with Crippen molar-refractivity contribution in [2.75, 3.05) is 0 Å². The van der Waals surface area contributed by atoms with E-state index >= 15 is 0 Å². The zero-order valence-corrected chi connectivity index (χ0v) is 18.3. The summed E-state index contributed by atoms with van der Waals surface area (Å²) in [5, 5.41) is 20.4. The summed E-state index contributed by atoms with van der Waals surface area (Å²) in [6, 6.07) is 0. The van der Waals surface area contributed by atoms with Gasteiger partial charge in [-0.3, -0.25) is 9.59 Å². The predicted molar refractivity (Wildman–Crippen MR) is 112 cm³/mol. The number of hydrogen-bond acceptors (Lipinski definition) is 3. The van der Waals surface area contributed by atoms with E-state index in [-0.39, 0.29) is 47.5 Å². The van der Waals surface area contributed by atoms with E-state index in [0.29, 0.717) is 24.5 Å². The molecule has 0 heterocycles. The van der Waals surface area contributed by atoms with Crippen molar-refractivity contribution in [3.63, 3.8) is 0 Å². The summed E-state index contributed by atoms with van der Waals surface area (Å²) in [6.45, 7) is 10.9. The number of allylic oxidation sites excluding steroid dienone is 1. The Bertz CT molecular complexity index is 714. The van der Waals surface area contributed by atoms with Crippen LogP contribution in [0.5, 0.6) is 0 Å². The SMILES string of the molecule is C=C1CC[C@@]2(C)[C@@H](C1)C[C@H](O)[C@@H]1[C@@H]2CC(=O)[C@]2(C)[C@@H]([C@H](C)CCC(=O)O)CC[C@@H]12.